The zero-order valence-corrected chi connectivity index (χ0v) is 8.92. The minimum absolute atomic E-state index is 0.171. The maximum absolute atomic E-state index is 9.78. The quantitative estimate of drug-likeness (QED) is 0.674. The highest BCUT2D eigenvalue weighted by Gasteiger charge is 2.61. The van der Waals surface area contributed by atoms with Crippen molar-refractivity contribution in [2.75, 3.05) is 7.11 Å². The molecule has 14 heavy (non-hydrogen) atoms. The minimum atomic E-state index is -0.941. The summed E-state index contributed by atoms with van der Waals surface area (Å²) in [4.78, 5) is -0.941. The van der Waals surface area contributed by atoms with Gasteiger partial charge in [-0.05, 0) is 25.2 Å². The van der Waals surface area contributed by atoms with Crippen LogP contribution in [0.4, 0.5) is 0 Å². The molecule has 4 atom stereocenters. The van der Waals surface area contributed by atoms with Crippen molar-refractivity contribution >= 4 is 11.6 Å². The van der Waals surface area contributed by atoms with Crippen molar-refractivity contribution in [3.63, 3.8) is 0 Å². The minimum Gasteiger partial charge on any atom is -0.393 e. The van der Waals surface area contributed by atoms with Crippen LogP contribution in [0.25, 0.3) is 0 Å². The second kappa shape index (κ2) is 3.10. The smallest absolute Gasteiger partial charge is 0.160 e. The highest BCUT2D eigenvalue weighted by molar-refractivity contribution is 6.27. The first-order valence-electron chi connectivity index (χ1n) is 4.90. The molecule has 0 heterocycles. The Kier molecular flexibility index (Phi) is 2.26. The van der Waals surface area contributed by atoms with E-state index >= 15 is 0 Å². The topological polar surface area (TPSA) is 53.2 Å². The summed E-state index contributed by atoms with van der Waals surface area (Å²) >= 11 is 6.28. The summed E-state index contributed by atoms with van der Waals surface area (Å²) in [7, 11) is 1.58. The molecule has 3 aliphatic carbocycles. The van der Waals surface area contributed by atoms with E-state index in [4.69, 9.17) is 21.6 Å². The van der Waals surface area contributed by atoms with E-state index in [9.17, 15) is 5.11 Å². The van der Waals surface area contributed by atoms with Gasteiger partial charge < -0.3 is 9.84 Å². The number of rotatable bonds is 1. The van der Waals surface area contributed by atoms with Gasteiger partial charge in [0.1, 0.15) is 5.60 Å². The van der Waals surface area contributed by atoms with Gasteiger partial charge in [-0.3, -0.25) is 0 Å². The Morgan fingerprint density at radius 2 is 2.29 bits per heavy atom. The fourth-order valence-electron chi connectivity index (χ4n) is 2.86. The molecule has 0 aromatic carbocycles. The molecule has 1 N–H and O–H groups in total. The number of nitrogens with zero attached hydrogens (tertiary/aromatic N) is 1. The molecule has 3 fully saturated rings. The molecule has 2 bridgehead atoms. The molecule has 3 nitrogen and oxygen atoms in total. The molecule has 3 rings (SSSR count). The molecule has 3 aliphatic rings. The molecule has 0 radical (unpaired) electrons. The van der Waals surface area contributed by atoms with Crippen molar-refractivity contribution in [1.82, 2.24) is 0 Å². The lowest BCUT2D eigenvalue weighted by Gasteiger charge is -2.54. The third-order valence-corrected chi connectivity index (χ3v) is 4.42. The third-order valence-electron chi connectivity index (χ3n) is 3.84. The van der Waals surface area contributed by atoms with E-state index in [1.807, 2.05) is 0 Å². The van der Waals surface area contributed by atoms with Gasteiger partial charge in [-0.15, -0.1) is 0 Å². The molecule has 0 aliphatic heterocycles. The van der Waals surface area contributed by atoms with Crippen LogP contribution in [-0.4, -0.2) is 28.8 Å². The Labute approximate surface area is 88.6 Å². The summed E-state index contributed by atoms with van der Waals surface area (Å²) in [5.74, 6) is 0.171. The van der Waals surface area contributed by atoms with Crippen molar-refractivity contribution in [2.45, 2.75) is 42.3 Å². The van der Waals surface area contributed by atoms with Gasteiger partial charge in [0.15, 0.2) is 4.87 Å². The normalized spacial score (nSPS) is 51.6. The summed E-state index contributed by atoms with van der Waals surface area (Å²) in [6.45, 7) is 0. The van der Waals surface area contributed by atoms with Gasteiger partial charge in [0.05, 0.1) is 12.2 Å². The van der Waals surface area contributed by atoms with Gasteiger partial charge >= 0.3 is 0 Å². The Morgan fingerprint density at radius 1 is 1.57 bits per heavy atom. The van der Waals surface area contributed by atoms with Gasteiger partial charge in [-0.25, -0.2) is 0 Å². The Hall–Kier alpha value is -0.300. The predicted molar refractivity (Wildman–Crippen MR) is 51.9 cm³/mol. The van der Waals surface area contributed by atoms with E-state index in [1.165, 1.54) is 0 Å². The van der Waals surface area contributed by atoms with Crippen LogP contribution >= 0.6 is 11.6 Å². The Balaban J connectivity index is 2.37. The number of aliphatic hydroxyl groups excluding tert-OH is 1. The van der Waals surface area contributed by atoms with Crippen LogP contribution in [0, 0.1) is 17.2 Å². The monoisotopic (exact) mass is 215 g/mol. The molecule has 0 aromatic heterocycles. The van der Waals surface area contributed by atoms with E-state index in [2.05, 4.69) is 6.07 Å². The van der Waals surface area contributed by atoms with Crippen LogP contribution in [0.5, 0.6) is 0 Å². The summed E-state index contributed by atoms with van der Waals surface area (Å²) in [5.41, 5.74) is -0.641. The number of hydrogen-bond donors (Lipinski definition) is 1. The van der Waals surface area contributed by atoms with Crippen LogP contribution in [0.3, 0.4) is 0 Å². The van der Waals surface area contributed by atoms with Crippen LogP contribution < -0.4 is 0 Å². The number of halogens is 1. The second-order valence-electron chi connectivity index (χ2n) is 4.39. The zero-order chi connectivity index (χ0) is 10.4. The third kappa shape index (κ3) is 1.11. The van der Waals surface area contributed by atoms with Crippen LogP contribution in [0.2, 0.25) is 0 Å². The molecule has 4 unspecified atom stereocenters. The molecule has 78 valence electrons. The van der Waals surface area contributed by atoms with Gasteiger partial charge in [0.25, 0.3) is 0 Å². The lowest BCUT2D eigenvalue weighted by molar-refractivity contribution is -0.147. The number of hydrogen-bond acceptors (Lipinski definition) is 3. The second-order valence-corrected chi connectivity index (χ2v) is 5.03. The van der Waals surface area contributed by atoms with E-state index < -0.39 is 10.5 Å². The van der Waals surface area contributed by atoms with Crippen LogP contribution in [0.1, 0.15) is 25.7 Å². The van der Waals surface area contributed by atoms with Gasteiger partial charge in [0.2, 0.25) is 0 Å². The molecule has 0 spiro atoms. The maximum atomic E-state index is 9.78. The van der Waals surface area contributed by atoms with E-state index in [1.54, 1.807) is 7.11 Å². The van der Waals surface area contributed by atoms with Crippen molar-refractivity contribution in [2.24, 2.45) is 5.92 Å². The SMILES string of the molecule is COC12CCC(CC1(Cl)C#N)C(O)C2. The van der Waals surface area contributed by atoms with Crippen LogP contribution in [-0.2, 0) is 4.74 Å². The van der Waals surface area contributed by atoms with Gasteiger partial charge in [-0.2, -0.15) is 5.26 Å². The maximum Gasteiger partial charge on any atom is 0.160 e. The molecular weight excluding hydrogens is 202 g/mol. The van der Waals surface area contributed by atoms with Gasteiger partial charge in [-0.1, -0.05) is 11.6 Å². The van der Waals surface area contributed by atoms with E-state index in [0.29, 0.717) is 12.8 Å². The Bertz CT molecular complexity index is 290. The van der Waals surface area contributed by atoms with Gasteiger partial charge in [0, 0.05) is 13.5 Å². The van der Waals surface area contributed by atoms with E-state index in [-0.39, 0.29) is 12.0 Å². The highest BCUT2D eigenvalue weighted by Crippen LogP contribution is 2.54. The molecule has 0 saturated heterocycles. The Morgan fingerprint density at radius 3 is 2.79 bits per heavy atom. The number of methoxy groups -OCH3 is 1. The van der Waals surface area contributed by atoms with Crippen molar-refractivity contribution in [3.05, 3.63) is 0 Å². The standard InChI is InChI=1S/C10H14ClNO2/c1-14-10-3-2-7(8(13)5-10)4-9(10,11)6-12/h7-8,13H,2-5H2,1H3. The molecular formula is C10H14ClNO2. The molecule has 0 amide bonds. The number of ether oxygens (including phenoxy) is 1. The summed E-state index contributed by atoms with van der Waals surface area (Å²) in [5, 5.41) is 18.9. The number of alkyl halides is 1. The van der Waals surface area contributed by atoms with E-state index in [0.717, 1.165) is 12.8 Å². The molecule has 4 heteroatoms. The number of fused-ring (bicyclic) bond motifs is 3. The highest BCUT2D eigenvalue weighted by atomic mass is 35.5. The van der Waals surface area contributed by atoms with Crippen molar-refractivity contribution in [3.8, 4) is 6.07 Å². The summed E-state index contributed by atoms with van der Waals surface area (Å²) in [6.07, 6.45) is 2.36. The lowest BCUT2D eigenvalue weighted by Crippen LogP contribution is -2.62. The van der Waals surface area contributed by atoms with Crippen molar-refractivity contribution in [1.29, 1.82) is 5.26 Å². The number of nitriles is 1. The predicted octanol–water partition coefficient (Wildman–Crippen LogP) is 1.44. The summed E-state index contributed by atoms with van der Waals surface area (Å²) in [6, 6.07) is 2.15. The lowest BCUT2D eigenvalue weighted by atomic mass is 9.60. The number of aliphatic hydroxyl groups is 1. The first-order valence-corrected chi connectivity index (χ1v) is 5.28. The first kappa shape index (κ1) is 10.2. The first-order chi connectivity index (χ1) is 6.57. The largest absolute Gasteiger partial charge is 0.393 e. The zero-order valence-electron chi connectivity index (χ0n) is 8.16. The van der Waals surface area contributed by atoms with Crippen molar-refractivity contribution < 1.29 is 9.84 Å². The fraction of sp³-hybridized carbons (Fsp3) is 0.900. The molecule has 3 saturated carbocycles. The average molecular weight is 216 g/mol. The van der Waals surface area contributed by atoms with Crippen LogP contribution in [0.15, 0.2) is 0 Å². The average Bonchev–Trinajstić information content (AvgIpc) is 2.20. The summed E-state index contributed by atoms with van der Waals surface area (Å²) < 4.78 is 5.43. The molecule has 0 aromatic rings. The fourth-order valence-corrected chi connectivity index (χ4v) is 3.30.